The van der Waals surface area contributed by atoms with E-state index in [0.717, 1.165) is 16.9 Å². The molecule has 0 aliphatic carbocycles. The fraction of sp³-hybridized carbons (Fsp3) is 0.391. The van der Waals surface area contributed by atoms with E-state index in [1.165, 1.54) is 6.07 Å². The first-order valence-electron chi connectivity index (χ1n) is 9.15. The lowest BCUT2D eigenvalue weighted by Gasteiger charge is -2.37. The second-order valence-electron chi connectivity index (χ2n) is 7.49. The molecule has 27 heavy (non-hydrogen) atoms. The van der Waals surface area contributed by atoms with Gasteiger partial charge in [-0.3, -0.25) is 0 Å². The predicted octanol–water partition coefficient (Wildman–Crippen LogP) is 4.63. The third kappa shape index (κ3) is 4.76. The molecular formula is C23H30FNO2. The van der Waals surface area contributed by atoms with Crippen LogP contribution in [-0.4, -0.2) is 37.8 Å². The zero-order chi connectivity index (χ0) is 20.2. The van der Waals surface area contributed by atoms with Gasteiger partial charge in [0.15, 0.2) is 0 Å². The van der Waals surface area contributed by atoms with E-state index in [2.05, 4.69) is 0 Å². The number of ether oxygens (including phenoxy) is 1. The summed E-state index contributed by atoms with van der Waals surface area (Å²) in [5.41, 5.74) is 1.82. The first kappa shape index (κ1) is 21.1. The Kier molecular flexibility index (Phi) is 6.79. The van der Waals surface area contributed by atoms with Crippen molar-refractivity contribution in [2.75, 3.05) is 27.7 Å². The fourth-order valence-corrected chi connectivity index (χ4v) is 3.52. The topological polar surface area (TPSA) is 32.7 Å². The molecule has 2 atom stereocenters. The number of rotatable bonds is 7. The van der Waals surface area contributed by atoms with Crippen LogP contribution in [0.3, 0.4) is 0 Å². The average molecular weight is 371 g/mol. The van der Waals surface area contributed by atoms with Gasteiger partial charge < -0.3 is 14.7 Å². The molecule has 2 aromatic rings. The molecule has 0 amide bonds. The lowest BCUT2D eigenvalue weighted by Crippen LogP contribution is -2.40. The predicted molar refractivity (Wildman–Crippen MR) is 109 cm³/mol. The molecule has 0 saturated heterocycles. The maximum Gasteiger partial charge on any atom is 0.126 e. The molecule has 1 N–H and O–H groups in total. The number of aryl methyl sites for hydroxylation is 1. The van der Waals surface area contributed by atoms with Gasteiger partial charge in [-0.15, -0.1) is 0 Å². The Morgan fingerprint density at radius 3 is 2.37 bits per heavy atom. The largest absolute Gasteiger partial charge is 0.497 e. The Hall–Kier alpha value is -2.17. The van der Waals surface area contributed by atoms with Gasteiger partial charge in [0.25, 0.3) is 0 Å². The molecule has 0 aliphatic heterocycles. The van der Waals surface area contributed by atoms with Gasteiger partial charge in [0.05, 0.1) is 7.11 Å². The van der Waals surface area contributed by atoms with Crippen LogP contribution < -0.4 is 4.74 Å². The standard InChI is InChI=1S/C23H30FNO2/c1-16-13-20(9-12-22(16)24)23(26,18(3)15-25(4)5)17(2)14-19-7-10-21(27-6)11-8-19/h7-14,18,26H,15H2,1-6H3. The maximum atomic E-state index is 13.8. The number of hydrogen-bond acceptors (Lipinski definition) is 3. The van der Waals surface area contributed by atoms with E-state index in [-0.39, 0.29) is 11.7 Å². The Morgan fingerprint density at radius 1 is 1.22 bits per heavy atom. The van der Waals surface area contributed by atoms with Gasteiger partial charge in [0.2, 0.25) is 0 Å². The van der Waals surface area contributed by atoms with Crippen LogP contribution in [0.15, 0.2) is 48.0 Å². The van der Waals surface area contributed by atoms with Crippen LogP contribution in [0.5, 0.6) is 5.75 Å². The van der Waals surface area contributed by atoms with Crippen LogP contribution >= 0.6 is 0 Å². The molecule has 0 heterocycles. The van der Waals surface area contributed by atoms with Gasteiger partial charge in [-0.2, -0.15) is 0 Å². The van der Waals surface area contributed by atoms with Crippen molar-refractivity contribution in [2.45, 2.75) is 26.4 Å². The van der Waals surface area contributed by atoms with E-state index >= 15 is 0 Å². The van der Waals surface area contributed by atoms with Crippen molar-refractivity contribution in [2.24, 2.45) is 5.92 Å². The van der Waals surface area contributed by atoms with Crippen LogP contribution in [-0.2, 0) is 5.60 Å². The van der Waals surface area contributed by atoms with E-state index in [0.29, 0.717) is 17.7 Å². The highest BCUT2D eigenvalue weighted by atomic mass is 19.1. The van der Waals surface area contributed by atoms with Gasteiger partial charge in [-0.25, -0.2) is 4.39 Å². The van der Waals surface area contributed by atoms with Crippen LogP contribution in [0, 0.1) is 18.7 Å². The molecule has 4 heteroatoms. The van der Waals surface area contributed by atoms with Crippen LogP contribution in [0.4, 0.5) is 4.39 Å². The molecular weight excluding hydrogens is 341 g/mol. The number of hydrogen-bond donors (Lipinski definition) is 1. The Balaban J connectivity index is 2.52. The maximum absolute atomic E-state index is 13.8. The van der Waals surface area contributed by atoms with E-state index in [9.17, 15) is 9.50 Å². The van der Waals surface area contributed by atoms with E-state index in [1.54, 1.807) is 26.2 Å². The summed E-state index contributed by atoms with van der Waals surface area (Å²) in [5.74, 6) is 0.431. The monoisotopic (exact) mass is 371 g/mol. The zero-order valence-electron chi connectivity index (χ0n) is 17.1. The lowest BCUT2D eigenvalue weighted by atomic mass is 9.76. The Bertz CT molecular complexity index is 799. The first-order chi connectivity index (χ1) is 12.7. The second kappa shape index (κ2) is 8.68. The van der Waals surface area contributed by atoms with Crippen molar-refractivity contribution in [3.63, 3.8) is 0 Å². The third-order valence-corrected chi connectivity index (χ3v) is 5.05. The quantitative estimate of drug-likeness (QED) is 0.770. The summed E-state index contributed by atoms with van der Waals surface area (Å²) in [7, 11) is 5.60. The van der Waals surface area contributed by atoms with Gasteiger partial charge >= 0.3 is 0 Å². The highest BCUT2D eigenvalue weighted by Crippen LogP contribution is 2.38. The number of nitrogens with zero attached hydrogens (tertiary/aromatic N) is 1. The van der Waals surface area contributed by atoms with Crippen molar-refractivity contribution >= 4 is 6.08 Å². The van der Waals surface area contributed by atoms with E-state index < -0.39 is 5.60 Å². The van der Waals surface area contributed by atoms with Gasteiger partial charge in [-0.05, 0) is 74.5 Å². The lowest BCUT2D eigenvalue weighted by molar-refractivity contribution is 0.0104. The summed E-state index contributed by atoms with van der Waals surface area (Å²) in [6.45, 7) is 6.36. The van der Waals surface area contributed by atoms with Crippen molar-refractivity contribution < 1.29 is 14.2 Å². The Morgan fingerprint density at radius 2 is 1.85 bits per heavy atom. The van der Waals surface area contributed by atoms with E-state index in [1.807, 2.05) is 63.2 Å². The number of benzene rings is 2. The minimum atomic E-state index is -1.21. The summed E-state index contributed by atoms with van der Waals surface area (Å²) in [6.07, 6.45) is 1.98. The van der Waals surface area contributed by atoms with Crippen LogP contribution in [0.2, 0.25) is 0 Å². The number of aliphatic hydroxyl groups is 1. The van der Waals surface area contributed by atoms with Gasteiger partial charge in [-0.1, -0.05) is 31.2 Å². The number of halogens is 1. The average Bonchev–Trinajstić information content (AvgIpc) is 2.63. The molecule has 146 valence electrons. The molecule has 0 bridgehead atoms. The molecule has 0 saturated carbocycles. The summed E-state index contributed by atoms with van der Waals surface area (Å²) < 4.78 is 19.0. The molecule has 0 aliphatic rings. The molecule has 0 radical (unpaired) electrons. The second-order valence-corrected chi connectivity index (χ2v) is 7.49. The number of methoxy groups -OCH3 is 1. The third-order valence-electron chi connectivity index (χ3n) is 5.05. The molecule has 3 nitrogen and oxygen atoms in total. The van der Waals surface area contributed by atoms with Crippen molar-refractivity contribution in [1.29, 1.82) is 0 Å². The Labute approximate surface area is 162 Å². The van der Waals surface area contributed by atoms with Crippen LogP contribution in [0.25, 0.3) is 6.08 Å². The molecule has 2 rings (SSSR count). The fourth-order valence-electron chi connectivity index (χ4n) is 3.52. The van der Waals surface area contributed by atoms with Crippen molar-refractivity contribution in [3.8, 4) is 5.75 Å². The summed E-state index contributed by atoms with van der Waals surface area (Å²) >= 11 is 0. The molecule has 0 spiro atoms. The highest BCUT2D eigenvalue weighted by molar-refractivity contribution is 5.57. The normalized spacial score (nSPS) is 15.5. The summed E-state index contributed by atoms with van der Waals surface area (Å²) in [4.78, 5) is 2.05. The molecule has 0 fully saturated rings. The first-order valence-corrected chi connectivity index (χ1v) is 9.15. The highest BCUT2D eigenvalue weighted by Gasteiger charge is 2.38. The van der Waals surface area contributed by atoms with Crippen molar-refractivity contribution in [1.82, 2.24) is 4.90 Å². The van der Waals surface area contributed by atoms with E-state index in [4.69, 9.17) is 4.74 Å². The summed E-state index contributed by atoms with van der Waals surface area (Å²) in [6, 6.07) is 12.5. The smallest absolute Gasteiger partial charge is 0.126 e. The van der Waals surface area contributed by atoms with Gasteiger partial charge in [0.1, 0.15) is 17.2 Å². The molecule has 2 unspecified atom stereocenters. The zero-order valence-corrected chi connectivity index (χ0v) is 17.1. The minimum Gasteiger partial charge on any atom is -0.497 e. The van der Waals surface area contributed by atoms with Crippen LogP contribution in [0.1, 0.15) is 30.5 Å². The van der Waals surface area contributed by atoms with Crippen molar-refractivity contribution in [3.05, 3.63) is 70.5 Å². The molecule has 0 aromatic heterocycles. The van der Waals surface area contributed by atoms with Gasteiger partial charge in [0, 0.05) is 12.5 Å². The summed E-state index contributed by atoms with van der Waals surface area (Å²) in [5, 5.41) is 11.8. The SMILES string of the molecule is COc1ccc(C=C(C)C(O)(c2ccc(F)c(C)c2)C(C)CN(C)C)cc1. The molecule has 2 aromatic carbocycles. The minimum absolute atomic E-state index is 0.0909.